The van der Waals surface area contributed by atoms with Crippen LogP contribution in [0.2, 0.25) is 0 Å². The van der Waals surface area contributed by atoms with Crippen LogP contribution in [0.25, 0.3) is 22.3 Å². The smallest absolute Gasteiger partial charge is 0.333 e. The minimum atomic E-state index is -1.45. The number of nitrogens with zero attached hydrogens (tertiary/aromatic N) is 2. The first kappa shape index (κ1) is 47.4. The average Bonchev–Trinajstić information content (AvgIpc) is 3.25. The normalized spacial score (nSPS) is 14.7. The van der Waals surface area contributed by atoms with Crippen molar-refractivity contribution in [2.45, 2.75) is 97.5 Å². The van der Waals surface area contributed by atoms with Gasteiger partial charge in [0.1, 0.15) is 62.9 Å². The fraction of sp³-hybridized carbons (Fsp3) is 0.429. The summed E-state index contributed by atoms with van der Waals surface area (Å²) in [4.78, 5) is 49.2. The largest absolute Gasteiger partial charge is 0.493 e. The summed E-state index contributed by atoms with van der Waals surface area (Å²) in [5, 5.41) is 17.9. The van der Waals surface area contributed by atoms with Crippen LogP contribution in [-0.2, 0) is 44.7 Å². The standard InChI is InChI=1S/C49H55FN2O9/c1-6-7-8-9-35-10-12-36(13-11-35)38-16-21-43(44(50)27-38)39-17-20-42(40(26-39)28-57-47(55)33(2)3)37-14-18-41(19-15-37)58-29-49(30-59-45(53)22-24-51,31-60-46(54)23-25-52)32-61-48(56)34(4)5/h14-21,26-27,35-36H,2,4,6-13,22-23,28-32H2,1,3,5H3. The highest BCUT2D eigenvalue weighted by molar-refractivity contribution is 5.87. The lowest BCUT2D eigenvalue weighted by atomic mass is 9.77. The Morgan fingerprint density at radius 2 is 1.30 bits per heavy atom. The molecule has 1 fully saturated rings. The van der Waals surface area contributed by atoms with E-state index in [1.165, 1.54) is 45.4 Å². The summed E-state index contributed by atoms with van der Waals surface area (Å²) in [7, 11) is 0. The lowest BCUT2D eigenvalue weighted by molar-refractivity contribution is -0.162. The number of unbranched alkanes of at least 4 members (excludes halogenated alkanes) is 2. The fourth-order valence-electron chi connectivity index (χ4n) is 7.17. The second kappa shape index (κ2) is 23.5. The van der Waals surface area contributed by atoms with Crippen LogP contribution in [0, 0.1) is 39.8 Å². The maximum atomic E-state index is 15.9. The van der Waals surface area contributed by atoms with E-state index >= 15 is 4.39 Å². The van der Waals surface area contributed by atoms with Crippen LogP contribution in [0.4, 0.5) is 4.39 Å². The second-order valence-electron chi connectivity index (χ2n) is 15.8. The van der Waals surface area contributed by atoms with Gasteiger partial charge in [0.2, 0.25) is 0 Å². The number of ether oxygens (including phenoxy) is 5. The quantitative estimate of drug-likeness (QED) is 0.0410. The third kappa shape index (κ3) is 14.5. The molecule has 0 aliphatic heterocycles. The summed E-state index contributed by atoms with van der Waals surface area (Å²) < 4.78 is 43.5. The van der Waals surface area contributed by atoms with Crippen LogP contribution in [0.5, 0.6) is 5.75 Å². The molecule has 1 aliphatic carbocycles. The van der Waals surface area contributed by atoms with Gasteiger partial charge in [-0.3, -0.25) is 9.59 Å². The molecule has 0 bridgehead atoms. The maximum absolute atomic E-state index is 15.9. The molecule has 322 valence electrons. The molecule has 0 atom stereocenters. The van der Waals surface area contributed by atoms with Gasteiger partial charge < -0.3 is 23.7 Å². The first-order chi connectivity index (χ1) is 29.3. The summed E-state index contributed by atoms with van der Waals surface area (Å²) in [6.45, 7) is 10.7. The van der Waals surface area contributed by atoms with Crippen LogP contribution in [0.3, 0.4) is 0 Å². The third-order valence-corrected chi connectivity index (χ3v) is 10.7. The number of esters is 4. The molecule has 0 radical (unpaired) electrons. The van der Waals surface area contributed by atoms with Crippen molar-refractivity contribution in [1.82, 2.24) is 0 Å². The molecule has 1 aliphatic rings. The fourth-order valence-corrected chi connectivity index (χ4v) is 7.17. The van der Waals surface area contributed by atoms with Crippen LogP contribution < -0.4 is 4.74 Å². The van der Waals surface area contributed by atoms with E-state index in [0.717, 1.165) is 29.9 Å². The lowest BCUT2D eigenvalue weighted by Crippen LogP contribution is -2.44. The summed E-state index contributed by atoms with van der Waals surface area (Å²) in [5.41, 5.74) is 3.04. The number of carbonyl (C=O) groups is 4. The molecule has 0 heterocycles. The zero-order chi connectivity index (χ0) is 44.4. The number of hydrogen-bond donors (Lipinski definition) is 0. The van der Waals surface area contributed by atoms with Crippen molar-refractivity contribution in [2.24, 2.45) is 11.3 Å². The lowest BCUT2D eigenvalue weighted by Gasteiger charge is -2.32. The Kier molecular flexibility index (Phi) is 18.3. The van der Waals surface area contributed by atoms with Gasteiger partial charge in [0, 0.05) is 16.7 Å². The van der Waals surface area contributed by atoms with Crippen molar-refractivity contribution in [3.05, 3.63) is 102 Å². The van der Waals surface area contributed by atoms with E-state index < -0.39 is 62.0 Å². The average molecular weight is 835 g/mol. The van der Waals surface area contributed by atoms with E-state index in [1.54, 1.807) is 49.4 Å². The molecule has 11 nitrogen and oxygen atoms in total. The SMILES string of the molecule is C=C(C)C(=O)OCc1cc(-c2ccc(C3CCC(CCCCC)CC3)cc2F)ccc1-c1ccc(OCC(COC(=O)CC#N)(COC(=O)CC#N)COC(=O)C(=C)C)cc1. The molecule has 4 rings (SSSR count). The summed E-state index contributed by atoms with van der Waals surface area (Å²) in [5.74, 6) is -1.90. The highest BCUT2D eigenvalue weighted by Gasteiger charge is 2.37. The minimum Gasteiger partial charge on any atom is -0.493 e. The second-order valence-corrected chi connectivity index (χ2v) is 15.8. The van der Waals surface area contributed by atoms with Crippen molar-refractivity contribution in [1.29, 1.82) is 10.5 Å². The zero-order valence-corrected chi connectivity index (χ0v) is 35.4. The van der Waals surface area contributed by atoms with Crippen molar-refractivity contribution >= 4 is 23.9 Å². The summed E-state index contributed by atoms with van der Waals surface area (Å²) in [6, 6.07) is 21.3. The molecule has 0 N–H and O–H groups in total. The Hall–Kier alpha value is -6.27. The first-order valence-electron chi connectivity index (χ1n) is 20.6. The zero-order valence-electron chi connectivity index (χ0n) is 35.4. The van der Waals surface area contributed by atoms with Gasteiger partial charge in [-0.2, -0.15) is 10.5 Å². The van der Waals surface area contributed by atoms with Crippen molar-refractivity contribution in [3.8, 4) is 40.1 Å². The van der Waals surface area contributed by atoms with Gasteiger partial charge in [0.25, 0.3) is 0 Å². The van der Waals surface area contributed by atoms with Gasteiger partial charge in [-0.25, -0.2) is 14.0 Å². The highest BCUT2D eigenvalue weighted by atomic mass is 19.1. The number of benzene rings is 3. The number of rotatable bonds is 22. The predicted molar refractivity (Wildman–Crippen MR) is 227 cm³/mol. The molecule has 0 unspecified atom stereocenters. The Labute approximate surface area is 358 Å². The minimum absolute atomic E-state index is 0.0962. The van der Waals surface area contributed by atoms with Crippen LogP contribution in [-0.4, -0.2) is 50.3 Å². The van der Waals surface area contributed by atoms with Gasteiger partial charge in [-0.15, -0.1) is 0 Å². The van der Waals surface area contributed by atoms with E-state index in [4.69, 9.17) is 34.2 Å². The van der Waals surface area contributed by atoms with Gasteiger partial charge in [0.05, 0.1) is 12.1 Å². The monoisotopic (exact) mass is 834 g/mol. The molecule has 61 heavy (non-hydrogen) atoms. The molecular formula is C49H55FN2O9. The predicted octanol–water partition coefficient (Wildman–Crippen LogP) is 10.0. The molecule has 0 spiro atoms. The molecule has 0 aromatic heterocycles. The Balaban J connectivity index is 1.58. The van der Waals surface area contributed by atoms with Crippen molar-refractivity contribution in [3.63, 3.8) is 0 Å². The number of nitriles is 2. The maximum Gasteiger partial charge on any atom is 0.333 e. The summed E-state index contributed by atoms with van der Waals surface area (Å²) >= 11 is 0. The molecular weight excluding hydrogens is 780 g/mol. The first-order valence-corrected chi connectivity index (χ1v) is 20.6. The topological polar surface area (TPSA) is 162 Å². The third-order valence-electron chi connectivity index (χ3n) is 10.7. The van der Waals surface area contributed by atoms with E-state index in [0.29, 0.717) is 33.9 Å². The molecule has 3 aromatic rings. The highest BCUT2D eigenvalue weighted by Crippen LogP contribution is 2.39. The van der Waals surface area contributed by atoms with Crippen LogP contribution in [0.1, 0.15) is 102 Å². The number of carbonyl (C=O) groups excluding carboxylic acids is 4. The van der Waals surface area contributed by atoms with Gasteiger partial charge in [-0.05, 0) is 103 Å². The molecule has 3 aromatic carbocycles. The van der Waals surface area contributed by atoms with Crippen molar-refractivity contribution in [2.75, 3.05) is 26.4 Å². The van der Waals surface area contributed by atoms with Crippen molar-refractivity contribution < 1.29 is 47.3 Å². The number of halogens is 1. The summed E-state index contributed by atoms with van der Waals surface area (Å²) in [6.07, 6.45) is 8.44. The Bertz CT molecular complexity index is 2090. The van der Waals surface area contributed by atoms with Gasteiger partial charge >= 0.3 is 23.9 Å². The van der Waals surface area contributed by atoms with E-state index in [2.05, 4.69) is 20.1 Å². The van der Waals surface area contributed by atoms with E-state index in [-0.39, 0.29) is 30.2 Å². The molecule has 12 heteroatoms. The van der Waals surface area contributed by atoms with E-state index in [1.807, 2.05) is 30.3 Å². The van der Waals surface area contributed by atoms with Gasteiger partial charge in [0.15, 0.2) is 0 Å². The van der Waals surface area contributed by atoms with E-state index in [9.17, 15) is 19.2 Å². The Morgan fingerprint density at radius 1 is 0.721 bits per heavy atom. The number of hydrogen-bond acceptors (Lipinski definition) is 11. The van der Waals surface area contributed by atoms with Crippen LogP contribution in [0.15, 0.2) is 85.0 Å². The van der Waals surface area contributed by atoms with Gasteiger partial charge in [-0.1, -0.05) is 82.2 Å². The molecule has 0 saturated heterocycles. The Morgan fingerprint density at radius 3 is 1.87 bits per heavy atom. The molecule has 1 saturated carbocycles. The molecule has 0 amide bonds. The van der Waals surface area contributed by atoms with Crippen LogP contribution >= 0.6 is 0 Å².